The monoisotopic (exact) mass is 262 g/mol. The third-order valence-electron chi connectivity index (χ3n) is 2.42. The van der Waals surface area contributed by atoms with Crippen LogP contribution in [0.25, 0.3) is 11.5 Å². The molecule has 1 aromatic heterocycles. The molecule has 1 aromatic carbocycles. The van der Waals surface area contributed by atoms with E-state index in [0.717, 1.165) is 0 Å². The minimum absolute atomic E-state index is 0.0178. The predicted octanol–water partition coefficient (Wildman–Crippen LogP) is 1.08. The van der Waals surface area contributed by atoms with E-state index in [9.17, 15) is 4.79 Å². The Bertz CT molecular complexity index is 594. The number of aromatic nitrogens is 2. The highest BCUT2D eigenvalue weighted by Crippen LogP contribution is 2.30. The van der Waals surface area contributed by atoms with Crippen molar-refractivity contribution in [2.45, 2.75) is 6.92 Å². The third kappa shape index (κ3) is 2.65. The van der Waals surface area contributed by atoms with Crippen LogP contribution < -0.4 is 15.8 Å². The second-order valence-corrected chi connectivity index (χ2v) is 3.74. The lowest BCUT2D eigenvalue weighted by Gasteiger charge is -2.05. The molecular formula is C12H14N4O3. The molecule has 2 rings (SSSR count). The minimum Gasteiger partial charge on any atom is -0.496 e. The average molecular weight is 262 g/mol. The van der Waals surface area contributed by atoms with Gasteiger partial charge in [0.2, 0.25) is 0 Å². The number of anilines is 1. The van der Waals surface area contributed by atoms with E-state index in [1.807, 2.05) is 6.92 Å². The zero-order valence-corrected chi connectivity index (χ0v) is 10.6. The molecular weight excluding hydrogens is 248 g/mol. The fourth-order valence-electron chi connectivity index (χ4n) is 1.55. The predicted molar refractivity (Wildman–Crippen MR) is 68.7 cm³/mol. The minimum atomic E-state index is -0.382. The second-order valence-electron chi connectivity index (χ2n) is 3.74. The van der Waals surface area contributed by atoms with Crippen LogP contribution in [0.2, 0.25) is 0 Å². The van der Waals surface area contributed by atoms with Crippen LogP contribution >= 0.6 is 0 Å². The van der Waals surface area contributed by atoms with Crippen LogP contribution in [0, 0.1) is 0 Å². The summed E-state index contributed by atoms with van der Waals surface area (Å²) in [5.74, 6) is 0.312. The first-order valence-corrected chi connectivity index (χ1v) is 5.71. The number of nitrogens with two attached hydrogens (primary N) is 1. The number of nitrogens with one attached hydrogen (secondary N) is 1. The van der Waals surface area contributed by atoms with Crippen molar-refractivity contribution in [2.75, 3.05) is 19.4 Å². The highest BCUT2D eigenvalue weighted by atomic mass is 16.5. The van der Waals surface area contributed by atoms with Gasteiger partial charge in [-0.25, -0.2) is 0 Å². The molecule has 0 bridgehead atoms. The maximum Gasteiger partial charge on any atom is 0.292 e. The SMILES string of the molecule is CCNC(=O)c1noc(-c2ccc(N)cc2OC)n1. The van der Waals surface area contributed by atoms with Gasteiger partial charge in [0.1, 0.15) is 5.75 Å². The summed E-state index contributed by atoms with van der Waals surface area (Å²) in [6.45, 7) is 2.30. The van der Waals surface area contributed by atoms with Crippen molar-refractivity contribution >= 4 is 11.6 Å². The van der Waals surface area contributed by atoms with Crippen LogP contribution in [0.3, 0.4) is 0 Å². The van der Waals surface area contributed by atoms with Gasteiger partial charge in [-0.2, -0.15) is 4.98 Å². The van der Waals surface area contributed by atoms with Crippen LogP contribution in [0.15, 0.2) is 22.7 Å². The Morgan fingerprint density at radius 3 is 3.00 bits per heavy atom. The van der Waals surface area contributed by atoms with Gasteiger partial charge in [0.15, 0.2) is 0 Å². The van der Waals surface area contributed by atoms with Crippen molar-refractivity contribution in [1.82, 2.24) is 15.5 Å². The van der Waals surface area contributed by atoms with Gasteiger partial charge in [0.25, 0.3) is 17.6 Å². The van der Waals surface area contributed by atoms with Crippen molar-refractivity contribution < 1.29 is 14.1 Å². The lowest BCUT2D eigenvalue weighted by Crippen LogP contribution is -2.23. The Kier molecular flexibility index (Phi) is 3.65. The molecule has 7 heteroatoms. The van der Waals surface area contributed by atoms with Gasteiger partial charge in [-0.05, 0) is 19.1 Å². The number of nitrogens with zero attached hydrogens (tertiary/aromatic N) is 2. The number of methoxy groups -OCH3 is 1. The molecule has 0 spiro atoms. The molecule has 1 amide bonds. The molecule has 0 fully saturated rings. The average Bonchev–Trinajstić information content (AvgIpc) is 2.88. The first kappa shape index (κ1) is 12.9. The lowest BCUT2D eigenvalue weighted by atomic mass is 10.2. The van der Waals surface area contributed by atoms with E-state index >= 15 is 0 Å². The number of ether oxygens (including phenoxy) is 1. The number of carbonyl (C=O) groups is 1. The van der Waals surface area contributed by atoms with E-state index < -0.39 is 0 Å². The fourth-order valence-corrected chi connectivity index (χ4v) is 1.55. The Morgan fingerprint density at radius 1 is 1.53 bits per heavy atom. The summed E-state index contributed by atoms with van der Waals surface area (Å²) in [4.78, 5) is 15.6. The van der Waals surface area contributed by atoms with Crippen molar-refractivity contribution in [2.24, 2.45) is 0 Å². The van der Waals surface area contributed by atoms with E-state index in [4.69, 9.17) is 15.0 Å². The van der Waals surface area contributed by atoms with E-state index in [1.165, 1.54) is 7.11 Å². The number of hydrogen-bond donors (Lipinski definition) is 2. The van der Waals surface area contributed by atoms with Crippen LogP contribution in [-0.2, 0) is 0 Å². The summed E-state index contributed by atoms with van der Waals surface area (Å²) in [6.07, 6.45) is 0. The molecule has 0 radical (unpaired) electrons. The molecule has 7 nitrogen and oxygen atoms in total. The smallest absolute Gasteiger partial charge is 0.292 e. The van der Waals surface area contributed by atoms with Crippen LogP contribution in [0.4, 0.5) is 5.69 Å². The topological polar surface area (TPSA) is 103 Å². The molecule has 2 aromatic rings. The van der Waals surface area contributed by atoms with Crippen LogP contribution in [-0.4, -0.2) is 29.7 Å². The summed E-state index contributed by atoms with van der Waals surface area (Å²) >= 11 is 0. The van der Waals surface area contributed by atoms with E-state index in [2.05, 4.69) is 15.5 Å². The molecule has 0 saturated heterocycles. The number of rotatable bonds is 4. The number of nitrogen functional groups attached to an aromatic ring is 1. The van der Waals surface area contributed by atoms with Gasteiger partial charge in [0.05, 0.1) is 12.7 Å². The third-order valence-corrected chi connectivity index (χ3v) is 2.42. The van der Waals surface area contributed by atoms with Crippen LogP contribution in [0.1, 0.15) is 17.5 Å². The molecule has 0 unspecified atom stereocenters. The normalized spacial score (nSPS) is 10.2. The van der Waals surface area contributed by atoms with Gasteiger partial charge in [-0.3, -0.25) is 4.79 Å². The van der Waals surface area contributed by atoms with Gasteiger partial charge >= 0.3 is 0 Å². The fraction of sp³-hybridized carbons (Fsp3) is 0.250. The first-order chi connectivity index (χ1) is 9.15. The molecule has 3 N–H and O–H groups in total. The Labute approximate surface area is 109 Å². The Morgan fingerprint density at radius 2 is 2.32 bits per heavy atom. The summed E-state index contributed by atoms with van der Waals surface area (Å²) in [6, 6.07) is 5.03. The molecule has 19 heavy (non-hydrogen) atoms. The number of carbonyl (C=O) groups excluding carboxylic acids is 1. The van der Waals surface area contributed by atoms with Gasteiger partial charge in [-0.1, -0.05) is 5.16 Å². The Balaban J connectivity index is 2.35. The maximum atomic E-state index is 11.6. The summed E-state index contributed by atoms with van der Waals surface area (Å²) in [7, 11) is 1.51. The van der Waals surface area contributed by atoms with Crippen molar-refractivity contribution in [3.63, 3.8) is 0 Å². The summed E-state index contributed by atoms with van der Waals surface area (Å²) < 4.78 is 10.2. The standard InChI is InChI=1S/C12H14N4O3/c1-3-14-11(17)10-15-12(19-16-10)8-5-4-7(13)6-9(8)18-2/h4-6H,3,13H2,1-2H3,(H,14,17). The second kappa shape index (κ2) is 5.38. The van der Waals surface area contributed by atoms with E-state index in [-0.39, 0.29) is 17.6 Å². The van der Waals surface area contributed by atoms with Crippen molar-refractivity contribution in [1.29, 1.82) is 0 Å². The zero-order valence-electron chi connectivity index (χ0n) is 10.6. The zero-order chi connectivity index (χ0) is 13.8. The highest BCUT2D eigenvalue weighted by molar-refractivity contribution is 5.90. The quantitative estimate of drug-likeness (QED) is 0.799. The highest BCUT2D eigenvalue weighted by Gasteiger charge is 2.17. The van der Waals surface area contributed by atoms with Crippen LogP contribution in [0.5, 0.6) is 5.75 Å². The molecule has 100 valence electrons. The van der Waals surface area contributed by atoms with E-state index in [0.29, 0.717) is 23.5 Å². The van der Waals surface area contributed by atoms with Crippen molar-refractivity contribution in [3.05, 3.63) is 24.0 Å². The van der Waals surface area contributed by atoms with Gasteiger partial charge in [0, 0.05) is 18.3 Å². The summed E-state index contributed by atoms with van der Waals surface area (Å²) in [5.41, 5.74) is 6.81. The van der Waals surface area contributed by atoms with E-state index in [1.54, 1.807) is 18.2 Å². The molecule has 1 heterocycles. The molecule has 0 aliphatic heterocycles. The lowest BCUT2D eigenvalue weighted by molar-refractivity contribution is 0.0942. The molecule has 0 saturated carbocycles. The van der Waals surface area contributed by atoms with Crippen molar-refractivity contribution in [3.8, 4) is 17.2 Å². The largest absolute Gasteiger partial charge is 0.496 e. The molecule has 0 aliphatic rings. The Hall–Kier alpha value is -2.57. The first-order valence-electron chi connectivity index (χ1n) is 5.71. The maximum absolute atomic E-state index is 11.6. The number of amides is 1. The number of benzene rings is 1. The summed E-state index contributed by atoms with van der Waals surface area (Å²) in [5, 5.41) is 6.21. The molecule has 0 aliphatic carbocycles. The number of hydrogen-bond acceptors (Lipinski definition) is 6. The van der Waals surface area contributed by atoms with Gasteiger partial charge < -0.3 is 20.3 Å². The van der Waals surface area contributed by atoms with Gasteiger partial charge in [-0.15, -0.1) is 0 Å². The molecule has 0 atom stereocenters.